The van der Waals surface area contributed by atoms with Crippen LogP contribution in [0.1, 0.15) is 58.2 Å². The van der Waals surface area contributed by atoms with Gasteiger partial charge in [-0.05, 0) is 50.6 Å². The standard InChI is InChI=1S/C26H27F3N4O2/c1-4-33-24(35)21-15-32(23(34)19-7-5-6-16(2)14-19)13-12-22(21)31-25(33)30-17(3)18-8-10-20(11-9-18)26(27,28)29/h5-11,14,17H,4,12-13,15H2,1-3H3,(H,30,31)/t17-/m0/s1. The molecule has 1 aliphatic heterocycles. The number of aromatic nitrogens is 2. The molecule has 0 saturated carbocycles. The van der Waals surface area contributed by atoms with Crippen molar-refractivity contribution in [3.05, 3.63) is 92.4 Å². The first-order chi connectivity index (χ1) is 16.6. The Morgan fingerprint density at radius 2 is 1.89 bits per heavy atom. The largest absolute Gasteiger partial charge is 0.416 e. The van der Waals surface area contributed by atoms with Gasteiger partial charge >= 0.3 is 6.18 Å². The van der Waals surface area contributed by atoms with Crippen molar-refractivity contribution in [2.24, 2.45) is 0 Å². The summed E-state index contributed by atoms with van der Waals surface area (Å²) >= 11 is 0. The van der Waals surface area contributed by atoms with E-state index in [1.807, 2.05) is 32.0 Å². The predicted octanol–water partition coefficient (Wildman–Crippen LogP) is 4.96. The van der Waals surface area contributed by atoms with Crippen LogP contribution in [0.3, 0.4) is 0 Å². The van der Waals surface area contributed by atoms with Gasteiger partial charge in [-0.3, -0.25) is 14.2 Å². The smallest absolute Gasteiger partial charge is 0.349 e. The molecular weight excluding hydrogens is 457 g/mol. The summed E-state index contributed by atoms with van der Waals surface area (Å²) in [6.45, 7) is 6.52. The molecule has 0 saturated heterocycles. The highest BCUT2D eigenvalue weighted by atomic mass is 19.4. The average Bonchev–Trinajstić information content (AvgIpc) is 2.83. The molecule has 1 aromatic heterocycles. The van der Waals surface area contributed by atoms with E-state index in [0.29, 0.717) is 47.8 Å². The van der Waals surface area contributed by atoms with Gasteiger partial charge in [0.25, 0.3) is 11.5 Å². The van der Waals surface area contributed by atoms with Gasteiger partial charge in [-0.1, -0.05) is 29.8 Å². The van der Waals surface area contributed by atoms with Gasteiger partial charge < -0.3 is 10.2 Å². The lowest BCUT2D eigenvalue weighted by molar-refractivity contribution is -0.137. The van der Waals surface area contributed by atoms with Crippen molar-refractivity contribution < 1.29 is 18.0 Å². The molecule has 1 atom stereocenters. The Morgan fingerprint density at radius 3 is 2.51 bits per heavy atom. The SMILES string of the molecule is CCn1c(N[C@@H](C)c2ccc(C(F)(F)F)cc2)nc2c(c1=O)CN(C(=O)c1cccc(C)c1)CC2. The number of hydrogen-bond acceptors (Lipinski definition) is 4. The molecule has 3 aromatic rings. The van der Waals surface area contributed by atoms with E-state index in [4.69, 9.17) is 0 Å². The van der Waals surface area contributed by atoms with Crippen LogP contribution in [0.2, 0.25) is 0 Å². The van der Waals surface area contributed by atoms with E-state index < -0.39 is 11.7 Å². The van der Waals surface area contributed by atoms with Crippen LogP contribution in [0.4, 0.5) is 19.1 Å². The summed E-state index contributed by atoms with van der Waals surface area (Å²) in [5.41, 5.74) is 2.41. The number of hydrogen-bond donors (Lipinski definition) is 1. The van der Waals surface area contributed by atoms with Crippen molar-refractivity contribution in [2.45, 2.75) is 52.5 Å². The van der Waals surface area contributed by atoms with E-state index in [-0.39, 0.29) is 24.1 Å². The van der Waals surface area contributed by atoms with Gasteiger partial charge in [0.05, 0.1) is 29.4 Å². The minimum Gasteiger partial charge on any atom is -0.349 e. The van der Waals surface area contributed by atoms with Crippen LogP contribution in [0, 0.1) is 6.92 Å². The van der Waals surface area contributed by atoms with E-state index >= 15 is 0 Å². The molecule has 0 radical (unpaired) electrons. The summed E-state index contributed by atoms with van der Waals surface area (Å²) in [6.07, 6.45) is -3.96. The highest BCUT2D eigenvalue weighted by molar-refractivity contribution is 5.94. The Bertz CT molecular complexity index is 1300. The van der Waals surface area contributed by atoms with Gasteiger partial charge in [0.2, 0.25) is 5.95 Å². The fourth-order valence-corrected chi connectivity index (χ4v) is 4.29. The highest BCUT2D eigenvalue weighted by Crippen LogP contribution is 2.30. The lowest BCUT2D eigenvalue weighted by Gasteiger charge is -2.29. The van der Waals surface area contributed by atoms with Crippen LogP contribution >= 0.6 is 0 Å². The molecule has 0 spiro atoms. The monoisotopic (exact) mass is 484 g/mol. The van der Waals surface area contributed by atoms with Crippen LogP contribution in [0.25, 0.3) is 0 Å². The van der Waals surface area contributed by atoms with Crippen LogP contribution in [0.5, 0.6) is 0 Å². The molecule has 4 rings (SSSR count). The van der Waals surface area contributed by atoms with Gasteiger partial charge in [0.1, 0.15) is 0 Å². The number of amides is 1. The normalized spacial score (nSPS) is 14.4. The van der Waals surface area contributed by atoms with Gasteiger partial charge in [0.15, 0.2) is 0 Å². The number of carbonyl (C=O) groups is 1. The molecule has 0 unspecified atom stereocenters. The third-order valence-corrected chi connectivity index (χ3v) is 6.27. The quantitative estimate of drug-likeness (QED) is 0.556. The molecule has 1 amide bonds. The first-order valence-corrected chi connectivity index (χ1v) is 11.5. The topological polar surface area (TPSA) is 67.2 Å². The molecule has 2 aromatic carbocycles. The average molecular weight is 485 g/mol. The maximum absolute atomic E-state index is 13.3. The van der Waals surface area contributed by atoms with Crippen molar-refractivity contribution in [3.8, 4) is 0 Å². The molecule has 6 nitrogen and oxygen atoms in total. The second kappa shape index (κ2) is 9.56. The minimum atomic E-state index is -4.40. The van der Waals surface area contributed by atoms with E-state index in [0.717, 1.165) is 17.7 Å². The maximum Gasteiger partial charge on any atom is 0.416 e. The van der Waals surface area contributed by atoms with Crippen LogP contribution in [-0.4, -0.2) is 26.9 Å². The minimum absolute atomic E-state index is 0.125. The molecule has 35 heavy (non-hydrogen) atoms. The first-order valence-electron chi connectivity index (χ1n) is 11.5. The summed E-state index contributed by atoms with van der Waals surface area (Å²) < 4.78 is 40.1. The number of nitrogens with one attached hydrogen (secondary N) is 1. The Kier molecular flexibility index (Phi) is 6.69. The van der Waals surface area contributed by atoms with Gasteiger partial charge in [0, 0.05) is 25.1 Å². The number of carbonyl (C=O) groups excluding carboxylic acids is 1. The summed E-state index contributed by atoms with van der Waals surface area (Å²) in [7, 11) is 0. The summed E-state index contributed by atoms with van der Waals surface area (Å²) in [4.78, 5) is 32.7. The van der Waals surface area contributed by atoms with Crippen molar-refractivity contribution in [1.82, 2.24) is 14.5 Å². The van der Waals surface area contributed by atoms with Crippen LogP contribution < -0.4 is 10.9 Å². The maximum atomic E-state index is 13.3. The molecular formula is C26H27F3N4O2. The Labute approximate surface area is 201 Å². The van der Waals surface area contributed by atoms with E-state index in [2.05, 4.69) is 10.3 Å². The number of nitrogens with zero attached hydrogens (tertiary/aromatic N) is 3. The molecule has 0 fully saturated rings. The molecule has 2 heterocycles. The van der Waals surface area contributed by atoms with Crippen molar-refractivity contribution in [2.75, 3.05) is 11.9 Å². The predicted molar refractivity (Wildman–Crippen MR) is 127 cm³/mol. The number of anilines is 1. The summed E-state index contributed by atoms with van der Waals surface area (Å²) in [6, 6.07) is 11.9. The fourth-order valence-electron chi connectivity index (χ4n) is 4.29. The van der Waals surface area contributed by atoms with Crippen molar-refractivity contribution >= 4 is 11.9 Å². The number of aryl methyl sites for hydroxylation is 1. The van der Waals surface area contributed by atoms with E-state index in [1.165, 1.54) is 16.7 Å². The Hall–Kier alpha value is -3.62. The third-order valence-electron chi connectivity index (χ3n) is 6.27. The summed E-state index contributed by atoms with van der Waals surface area (Å²) in [5, 5.41) is 3.18. The first kappa shape index (κ1) is 24.5. The molecule has 9 heteroatoms. The zero-order chi connectivity index (χ0) is 25.3. The van der Waals surface area contributed by atoms with Crippen LogP contribution in [0.15, 0.2) is 53.3 Å². The van der Waals surface area contributed by atoms with Gasteiger partial charge in [-0.2, -0.15) is 13.2 Å². The lowest BCUT2D eigenvalue weighted by atomic mass is 10.0. The molecule has 1 N–H and O–H groups in total. The summed E-state index contributed by atoms with van der Waals surface area (Å²) in [5.74, 6) is 0.238. The number of benzene rings is 2. The second-order valence-corrected chi connectivity index (χ2v) is 8.74. The van der Waals surface area contributed by atoms with Crippen LogP contribution in [-0.2, 0) is 25.7 Å². The van der Waals surface area contributed by atoms with Gasteiger partial charge in [-0.15, -0.1) is 0 Å². The number of rotatable bonds is 5. The van der Waals surface area contributed by atoms with E-state index in [9.17, 15) is 22.8 Å². The fraction of sp³-hybridized carbons (Fsp3) is 0.346. The van der Waals surface area contributed by atoms with E-state index in [1.54, 1.807) is 17.9 Å². The third kappa shape index (κ3) is 5.08. The molecule has 184 valence electrons. The molecule has 1 aliphatic rings. The zero-order valence-corrected chi connectivity index (χ0v) is 19.8. The van der Waals surface area contributed by atoms with Crippen molar-refractivity contribution in [3.63, 3.8) is 0 Å². The Balaban J connectivity index is 1.57. The number of halogens is 3. The Morgan fingerprint density at radius 1 is 1.17 bits per heavy atom. The zero-order valence-electron chi connectivity index (χ0n) is 19.8. The van der Waals surface area contributed by atoms with Crippen molar-refractivity contribution in [1.29, 1.82) is 0 Å². The second-order valence-electron chi connectivity index (χ2n) is 8.74. The lowest BCUT2D eigenvalue weighted by Crippen LogP contribution is -2.41. The molecule has 0 bridgehead atoms. The molecule has 0 aliphatic carbocycles. The number of fused-ring (bicyclic) bond motifs is 1. The number of alkyl halides is 3. The van der Waals surface area contributed by atoms with Gasteiger partial charge in [-0.25, -0.2) is 4.98 Å². The highest BCUT2D eigenvalue weighted by Gasteiger charge is 2.30.